The molecule has 0 amide bonds. The second kappa shape index (κ2) is 26.8. The maximum absolute atomic E-state index is 9.11. The van der Waals surface area contributed by atoms with Gasteiger partial charge in [0.2, 0.25) is 0 Å². The van der Waals surface area contributed by atoms with E-state index in [1.54, 1.807) is 0 Å². The summed E-state index contributed by atoms with van der Waals surface area (Å²) >= 11 is 6.71. The Morgan fingerprint density at radius 2 is 0.765 bits per heavy atom. The molecule has 0 rings (SSSR count). The number of hydrogen-bond donors (Lipinski definition) is 2. The van der Waals surface area contributed by atoms with Crippen LogP contribution in [-0.2, 0) is 40.5 Å². The fourth-order valence-corrected chi connectivity index (χ4v) is 0. The van der Waals surface area contributed by atoms with Gasteiger partial charge in [-0.2, -0.15) is 4.21 Å². The van der Waals surface area contributed by atoms with Gasteiger partial charge in [0, 0.05) is 11.2 Å². The van der Waals surface area contributed by atoms with Crippen LogP contribution in [0.2, 0.25) is 0 Å². The zero-order valence-electron chi connectivity index (χ0n) is 8.66. The molecule has 0 fully saturated rings. The van der Waals surface area contributed by atoms with Crippen LogP contribution >= 0.6 is 0 Å². The maximum Gasteiger partial charge on any atom is 1.00 e. The molecule has 0 aliphatic rings. The van der Waals surface area contributed by atoms with Crippen LogP contribution in [-0.4, -0.2) is 54.0 Å². The van der Waals surface area contributed by atoms with E-state index in [1.165, 1.54) is 0 Å². The van der Waals surface area contributed by atoms with Gasteiger partial charge in [0.1, 0.15) is 0 Å². The Bertz CT molecular complexity index is 218. The standard InChI is InChI=1S/2Na.2H2O3S2.5H2O/c;;2*1-5(2,3)4;;;;;/h;;2*(H2,1,2,3,4);5*1H2/q2*+1;;;;;;;/p-2. The molecule has 0 bridgehead atoms. The summed E-state index contributed by atoms with van der Waals surface area (Å²) in [5.74, 6) is 0. The maximum atomic E-state index is 9.11. The third-order valence-electron chi connectivity index (χ3n) is 0. The molecular formula is H12Na2O11S4. The Morgan fingerprint density at radius 1 is 0.765 bits per heavy atom. The third-order valence-corrected chi connectivity index (χ3v) is 0. The summed E-state index contributed by atoms with van der Waals surface area (Å²) in [5.41, 5.74) is 0. The van der Waals surface area contributed by atoms with E-state index in [9.17, 15) is 0 Å². The van der Waals surface area contributed by atoms with Gasteiger partial charge in [0.25, 0.3) is 9.05 Å². The zero-order valence-corrected chi connectivity index (χ0v) is 15.9. The van der Waals surface area contributed by atoms with Gasteiger partial charge in [0.15, 0.2) is 0 Å². The van der Waals surface area contributed by atoms with E-state index in [4.69, 9.17) is 26.6 Å². The van der Waals surface area contributed by atoms with Gasteiger partial charge in [-0.05, 0) is 11.2 Å². The molecule has 0 atom stereocenters. The van der Waals surface area contributed by atoms with Crippen LogP contribution in [0.5, 0.6) is 0 Å². The van der Waals surface area contributed by atoms with Gasteiger partial charge in [-0.3, -0.25) is 13.3 Å². The fourth-order valence-electron chi connectivity index (χ4n) is 0. The van der Waals surface area contributed by atoms with Gasteiger partial charge in [-0.25, -0.2) is 0 Å². The molecule has 12 N–H and O–H groups in total. The second-order valence-corrected chi connectivity index (χ2v) is 5.10. The number of rotatable bonds is 0. The van der Waals surface area contributed by atoms with Crippen molar-refractivity contribution in [2.75, 3.05) is 0 Å². The van der Waals surface area contributed by atoms with Crippen LogP contribution in [0.1, 0.15) is 0 Å². The van der Waals surface area contributed by atoms with E-state index in [2.05, 4.69) is 22.4 Å². The fraction of sp³-hybridized carbons (Fsp3) is 0. The first-order valence-corrected chi connectivity index (χ1v) is 6.10. The van der Waals surface area contributed by atoms with E-state index >= 15 is 0 Å². The molecule has 0 aromatic carbocycles. The van der Waals surface area contributed by atoms with Crippen molar-refractivity contribution in [3.05, 3.63) is 0 Å². The van der Waals surface area contributed by atoms with Gasteiger partial charge < -0.3 is 36.5 Å². The summed E-state index contributed by atoms with van der Waals surface area (Å²) in [5, 5.41) is 0. The van der Waals surface area contributed by atoms with Crippen molar-refractivity contribution in [1.82, 2.24) is 0 Å². The van der Waals surface area contributed by atoms with E-state index in [0.717, 1.165) is 0 Å². The predicted molar refractivity (Wildman–Crippen MR) is 55.9 cm³/mol. The smallest absolute Gasteiger partial charge is 0.780 e. The first-order valence-electron chi connectivity index (χ1n) is 1.37. The molecule has 0 saturated carbocycles. The minimum atomic E-state index is -4.33. The van der Waals surface area contributed by atoms with Crippen LogP contribution in [0, 0.1) is 0 Å². The summed E-state index contributed by atoms with van der Waals surface area (Å²) in [6, 6.07) is 0. The summed E-state index contributed by atoms with van der Waals surface area (Å²) < 4.78 is 50.6. The summed E-state index contributed by atoms with van der Waals surface area (Å²) in [7, 11) is -8.17. The van der Waals surface area contributed by atoms with Crippen LogP contribution in [0.3, 0.4) is 0 Å². The van der Waals surface area contributed by atoms with Crippen molar-refractivity contribution in [3.63, 3.8) is 0 Å². The summed E-state index contributed by atoms with van der Waals surface area (Å²) in [4.78, 5) is 0. The molecule has 0 aliphatic heterocycles. The van der Waals surface area contributed by atoms with Crippen LogP contribution in [0.25, 0.3) is 0 Å². The van der Waals surface area contributed by atoms with Crippen molar-refractivity contribution in [3.8, 4) is 0 Å². The molecule has 0 spiro atoms. The Morgan fingerprint density at radius 3 is 0.765 bits per heavy atom. The Hall–Kier alpha value is 2.38. The van der Waals surface area contributed by atoms with Crippen molar-refractivity contribution in [2.24, 2.45) is 0 Å². The molecule has 0 aromatic heterocycles. The molecular weight excluding hydrogens is 350 g/mol. The monoisotopic (exact) mass is 362 g/mol. The van der Waals surface area contributed by atoms with Crippen LogP contribution in [0.15, 0.2) is 0 Å². The van der Waals surface area contributed by atoms with E-state index < -0.39 is 18.1 Å². The molecule has 0 aliphatic carbocycles. The molecule has 0 aromatic rings. The topological polar surface area (TPSA) is 278 Å². The molecule has 17 heavy (non-hydrogen) atoms. The Kier molecular flexibility index (Phi) is 96.0. The zero-order chi connectivity index (χ0) is 9.00. The van der Waals surface area contributed by atoms with Crippen molar-refractivity contribution in [1.29, 1.82) is 0 Å². The minimum Gasteiger partial charge on any atom is -0.780 e. The summed E-state index contributed by atoms with van der Waals surface area (Å²) in [6.45, 7) is 0. The van der Waals surface area contributed by atoms with Crippen molar-refractivity contribution < 1.29 is 113 Å². The van der Waals surface area contributed by atoms with Crippen LogP contribution < -0.4 is 59.1 Å². The van der Waals surface area contributed by atoms with E-state index in [0.29, 0.717) is 0 Å². The first-order chi connectivity index (χ1) is 4.00. The molecule has 0 saturated heterocycles. The van der Waals surface area contributed by atoms with E-state index in [1.807, 2.05) is 0 Å². The second-order valence-electron chi connectivity index (χ2n) is 0.856. The third kappa shape index (κ3) is 871. The minimum absolute atomic E-state index is 0. The van der Waals surface area contributed by atoms with Gasteiger partial charge in [0.05, 0.1) is 0 Å². The average molecular weight is 362 g/mol. The number of hydrogen-bond acceptors (Lipinski definition) is 6. The van der Waals surface area contributed by atoms with Crippen molar-refractivity contribution in [2.45, 2.75) is 0 Å². The van der Waals surface area contributed by atoms with Crippen molar-refractivity contribution >= 4 is 40.5 Å². The molecule has 17 heteroatoms. The molecule has 0 unspecified atom stereocenters. The predicted octanol–water partition coefficient (Wildman–Crippen LogP) is -11.4. The molecule has 11 nitrogen and oxygen atoms in total. The molecule has 0 heterocycles. The molecule has 104 valence electrons. The van der Waals surface area contributed by atoms with Gasteiger partial charge in [-0.15, -0.1) is 9.05 Å². The Balaban J connectivity index is -0.00000000762. The molecule has 0 radical (unpaired) electrons. The first kappa shape index (κ1) is 60.8. The Labute approximate surface area is 152 Å². The quantitative estimate of drug-likeness (QED) is 0.389. The van der Waals surface area contributed by atoms with Crippen LogP contribution in [0.4, 0.5) is 0 Å². The van der Waals surface area contributed by atoms with Gasteiger partial charge in [-0.1, -0.05) is 0 Å². The summed E-state index contributed by atoms with van der Waals surface area (Å²) in [6.07, 6.45) is 0. The average Bonchev–Trinajstić information content (AvgIpc) is 1.12. The van der Waals surface area contributed by atoms with E-state index in [-0.39, 0.29) is 86.5 Å². The largest absolute Gasteiger partial charge is 1.00 e. The SMILES string of the molecule is O.O.O.O.O.O=S(O)(O)=S.O=S([O-])([O-])=S.[Na+].[Na+]. The normalized spacial score (nSPS) is 6.82. The van der Waals surface area contributed by atoms with Gasteiger partial charge >= 0.3 is 59.1 Å².